The Balaban J connectivity index is 0.000000499. The number of carboxylic acids is 1. The third kappa shape index (κ3) is 6.19. The predicted octanol–water partition coefficient (Wildman–Crippen LogP) is 5.76. The maximum Gasteiger partial charge on any atom is 0.490 e. The summed E-state index contributed by atoms with van der Waals surface area (Å²) in [6, 6.07) is 17.8. The summed E-state index contributed by atoms with van der Waals surface area (Å²) < 4.78 is 37.2. The third-order valence-electron chi connectivity index (χ3n) is 8.08. The zero-order valence-electron chi connectivity index (χ0n) is 24.4. The van der Waals surface area contributed by atoms with E-state index in [1.807, 2.05) is 24.3 Å². The van der Waals surface area contributed by atoms with Crippen molar-refractivity contribution in [1.29, 1.82) is 0 Å². The van der Waals surface area contributed by atoms with Crippen molar-refractivity contribution in [1.82, 2.24) is 9.97 Å². The standard InChI is InChI=1S/C30H25N5O5.C2HF3O2/c36-29(26-15-21-19-9-12-31-23(19)5-6-24(21)32-26)34-13-10-20-22-16-27(33-25(22)7-8-28(20)34)30(37)40-14-11-17-1-3-18(4-2-17)35(38)39;3-2(4,5)1(6)7/h1-8,15-16,31-33H,9-14H2;(H,6,7). The van der Waals surface area contributed by atoms with Crippen molar-refractivity contribution in [3.8, 4) is 0 Å². The second-order valence-electron chi connectivity index (χ2n) is 10.9. The molecule has 7 rings (SSSR count). The Kier molecular flexibility index (Phi) is 8.05. The number of anilines is 2. The number of non-ortho nitro benzene ring substituents is 1. The second kappa shape index (κ2) is 12.2. The number of aromatic amines is 2. The quantitative estimate of drug-likeness (QED) is 0.102. The summed E-state index contributed by atoms with van der Waals surface area (Å²) in [4.78, 5) is 53.9. The first-order chi connectivity index (χ1) is 22.4. The number of H-pyrrole nitrogens is 2. The molecule has 1 amide bonds. The van der Waals surface area contributed by atoms with Crippen molar-refractivity contribution >= 4 is 56.7 Å². The minimum Gasteiger partial charge on any atom is -0.475 e. The molecule has 47 heavy (non-hydrogen) atoms. The van der Waals surface area contributed by atoms with Gasteiger partial charge in [0, 0.05) is 64.8 Å². The molecule has 12 nitrogen and oxygen atoms in total. The van der Waals surface area contributed by atoms with E-state index in [9.17, 15) is 32.9 Å². The van der Waals surface area contributed by atoms with Crippen LogP contribution in [-0.4, -0.2) is 63.7 Å². The molecule has 0 fully saturated rings. The number of nitrogens with one attached hydrogen (secondary N) is 3. The van der Waals surface area contributed by atoms with Gasteiger partial charge in [-0.05, 0) is 65.9 Å². The van der Waals surface area contributed by atoms with Gasteiger partial charge in [-0.2, -0.15) is 13.2 Å². The number of hydrogen-bond donors (Lipinski definition) is 4. The molecule has 0 saturated heterocycles. The summed E-state index contributed by atoms with van der Waals surface area (Å²) in [6.07, 6.45) is -3.01. The molecule has 0 spiro atoms. The highest BCUT2D eigenvalue weighted by molar-refractivity contribution is 6.11. The molecule has 0 radical (unpaired) electrons. The number of aromatic nitrogens is 2. The molecule has 4 heterocycles. The van der Waals surface area contributed by atoms with Crippen LogP contribution in [0.2, 0.25) is 0 Å². The van der Waals surface area contributed by atoms with Crippen LogP contribution in [-0.2, 0) is 28.8 Å². The molecule has 15 heteroatoms. The van der Waals surface area contributed by atoms with Gasteiger partial charge >= 0.3 is 18.1 Å². The van der Waals surface area contributed by atoms with Crippen LogP contribution in [0, 0.1) is 10.1 Å². The van der Waals surface area contributed by atoms with E-state index in [-0.39, 0.29) is 18.2 Å². The van der Waals surface area contributed by atoms with E-state index in [1.165, 1.54) is 17.7 Å². The zero-order chi connectivity index (χ0) is 33.5. The topological polar surface area (TPSA) is 171 Å². The third-order valence-corrected chi connectivity index (χ3v) is 8.08. The van der Waals surface area contributed by atoms with E-state index in [0.717, 1.165) is 57.3 Å². The number of carbonyl (C=O) groups is 3. The van der Waals surface area contributed by atoms with Crippen molar-refractivity contribution in [3.05, 3.63) is 98.9 Å². The smallest absolute Gasteiger partial charge is 0.475 e. The molecule has 2 aromatic heterocycles. The minimum absolute atomic E-state index is 0.0219. The second-order valence-corrected chi connectivity index (χ2v) is 10.9. The number of nitrogens with zero attached hydrogens (tertiary/aromatic N) is 2. The van der Waals surface area contributed by atoms with Crippen LogP contribution in [0.4, 0.5) is 30.2 Å². The summed E-state index contributed by atoms with van der Waals surface area (Å²) >= 11 is 0. The van der Waals surface area contributed by atoms with Crippen LogP contribution in [0.3, 0.4) is 0 Å². The van der Waals surface area contributed by atoms with Gasteiger partial charge in [-0.1, -0.05) is 12.1 Å². The Hall–Kier alpha value is -5.86. The molecule has 0 aliphatic carbocycles. The molecule has 0 unspecified atom stereocenters. The Bertz CT molecular complexity index is 2050. The summed E-state index contributed by atoms with van der Waals surface area (Å²) in [6.45, 7) is 1.61. The number of alkyl halides is 3. The number of halogens is 3. The van der Waals surface area contributed by atoms with Gasteiger partial charge in [0.15, 0.2) is 0 Å². The summed E-state index contributed by atoms with van der Waals surface area (Å²) in [7, 11) is 0. The number of carbonyl (C=O) groups excluding carboxylic acids is 2. The van der Waals surface area contributed by atoms with Crippen molar-refractivity contribution in [2.75, 3.05) is 29.9 Å². The SMILES string of the molecule is O=C(O)C(F)(F)F.O=C(OCCc1ccc([N+](=O)[O-])cc1)c1cc2c3c(ccc2[nH]1)N(C(=O)c1cc2c4c(ccc2[nH]1)NCC4)CC3. The first kappa shape index (κ1) is 31.1. The molecule has 3 aromatic carbocycles. The first-order valence-corrected chi connectivity index (χ1v) is 14.5. The summed E-state index contributed by atoms with van der Waals surface area (Å²) in [5, 5.41) is 23.3. The van der Waals surface area contributed by atoms with Crippen molar-refractivity contribution in [2.24, 2.45) is 0 Å². The van der Waals surface area contributed by atoms with Gasteiger partial charge in [0.2, 0.25) is 0 Å². The van der Waals surface area contributed by atoms with Crippen LogP contribution in [0.25, 0.3) is 21.8 Å². The van der Waals surface area contributed by atoms with Crippen LogP contribution in [0.5, 0.6) is 0 Å². The number of amides is 1. The highest BCUT2D eigenvalue weighted by atomic mass is 19.4. The van der Waals surface area contributed by atoms with E-state index in [0.29, 0.717) is 30.8 Å². The minimum atomic E-state index is -5.08. The van der Waals surface area contributed by atoms with Gasteiger partial charge in [-0.3, -0.25) is 14.9 Å². The normalized spacial score (nSPS) is 13.5. The van der Waals surface area contributed by atoms with Crippen LogP contribution < -0.4 is 10.2 Å². The lowest BCUT2D eigenvalue weighted by Gasteiger charge is -2.16. The molecule has 2 aliphatic heterocycles. The predicted molar refractivity (Wildman–Crippen MR) is 165 cm³/mol. The average Bonchev–Trinajstić information content (AvgIpc) is 3.84. The zero-order valence-corrected chi connectivity index (χ0v) is 24.4. The largest absolute Gasteiger partial charge is 0.490 e. The van der Waals surface area contributed by atoms with Crippen LogP contribution >= 0.6 is 0 Å². The number of carboxylic acid groups (broad SMARTS) is 1. The fraction of sp³-hybridized carbons (Fsp3) is 0.219. The molecule has 5 aromatic rings. The lowest BCUT2D eigenvalue weighted by molar-refractivity contribution is -0.384. The van der Waals surface area contributed by atoms with E-state index in [1.54, 1.807) is 23.1 Å². The number of ether oxygens (including phenoxy) is 1. The Morgan fingerprint density at radius 3 is 2.23 bits per heavy atom. The van der Waals surface area contributed by atoms with Gasteiger partial charge in [-0.25, -0.2) is 9.59 Å². The number of aliphatic carboxylic acids is 1. The maximum atomic E-state index is 13.6. The lowest BCUT2D eigenvalue weighted by Crippen LogP contribution is -2.29. The molecule has 2 aliphatic rings. The Morgan fingerprint density at radius 2 is 1.55 bits per heavy atom. The van der Waals surface area contributed by atoms with Crippen molar-refractivity contribution in [3.63, 3.8) is 0 Å². The number of nitro benzene ring substituents is 1. The van der Waals surface area contributed by atoms with Gasteiger partial charge < -0.3 is 30.0 Å². The van der Waals surface area contributed by atoms with Crippen LogP contribution in [0.15, 0.2) is 60.7 Å². The maximum absolute atomic E-state index is 13.6. The van der Waals surface area contributed by atoms with Gasteiger partial charge in [0.1, 0.15) is 11.4 Å². The highest BCUT2D eigenvalue weighted by Gasteiger charge is 2.38. The number of rotatable bonds is 6. The molecule has 0 saturated carbocycles. The molecular weight excluding hydrogens is 623 g/mol. The Labute approximate surface area is 263 Å². The summed E-state index contributed by atoms with van der Waals surface area (Å²) in [5.41, 5.74) is 7.79. The number of nitro groups is 1. The van der Waals surface area contributed by atoms with E-state index < -0.39 is 23.0 Å². The van der Waals surface area contributed by atoms with Gasteiger partial charge in [0.25, 0.3) is 11.6 Å². The number of hydrogen-bond acceptors (Lipinski definition) is 7. The van der Waals surface area contributed by atoms with E-state index in [2.05, 4.69) is 21.4 Å². The number of esters is 1. The van der Waals surface area contributed by atoms with Crippen LogP contribution in [0.1, 0.15) is 37.7 Å². The molecule has 4 N–H and O–H groups in total. The monoisotopic (exact) mass is 649 g/mol. The fourth-order valence-electron chi connectivity index (χ4n) is 5.84. The number of fused-ring (bicyclic) bond motifs is 6. The fourth-order valence-corrected chi connectivity index (χ4v) is 5.84. The summed E-state index contributed by atoms with van der Waals surface area (Å²) in [5.74, 6) is -3.30. The van der Waals surface area contributed by atoms with Gasteiger partial charge in [-0.15, -0.1) is 0 Å². The average molecular weight is 650 g/mol. The Morgan fingerprint density at radius 1 is 0.915 bits per heavy atom. The molecule has 0 bridgehead atoms. The molecule has 0 atom stereocenters. The molecule has 242 valence electrons. The number of benzene rings is 3. The van der Waals surface area contributed by atoms with E-state index in [4.69, 9.17) is 14.6 Å². The van der Waals surface area contributed by atoms with Gasteiger partial charge in [0.05, 0.1) is 11.5 Å². The van der Waals surface area contributed by atoms with Crippen molar-refractivity contribution in [2.45, 2.75) is 25.4 Å². The highest BCUT2D eigenvalue weighted by Crippen LogP contribution is 2.37. The van der Waals surface area contributed by atoms with E-state index >= 15 is 0 Å². The lowest BCUT2D eigenvalue weighted by atomic mass is 10.1. The molecular formula is C32H26F3N5O7. The van der Waals surface area contributed by atoms with Crippen molar-refractivity contribution < 1.29 is 42.3 Å². The first-order valence-electron chi connectivity index (χ1n) is 14.5.